The van der Waals surface area contributed by atoms with Crippen molar-refractivity contribution in [3.05, 3.63) is 42.5 Å². The standard InChI is InChI=1S/C34H48N3O12PS2/c1-2-3-4-5-6-7-8-9-10-11-12-13-14-15-20-47-27-18-16-26(17-19-27)36-37-33-30(52(44,45)46)22-25-21-28(51-49-48-40)23-29(32(25)34(33)39)35-31(38)24-50(41,42)43/h16-19,21-23,39-40H,2-15,20,24H2,1H3,(H,35,38)(H2,41,42,43)(H,44,45,46)/b37-36+. The van der Waals surface area contributed by atoms with Gasteiger partial charge in [-0.05, 0) is 54.3 Å². The van der Waals surface area contributed by atoms with Gasteiger partial charge in [-0.25, -0.2) is 5.26 Å². The molecule has 52 heavy (non-hydrogen) atoms. The number of anilines is 1. The van der Waals surface area contributed by atoms with Crippen LogP contribution in [0.5, 0.6) is 11.5 Å². The van der Waals surface area contributed by atoms with E-state index in [1.165, 1.54) is 89.2 Å². The zero-order chi connectivity index (χ0) is 38.0. The van der Waals surface area contributed by atoms with Gasteiger partial charge in [0.25, 0.3) is 10.1 Å². The number of azo groups is 1. The molecule has 0 saturated heterocycles. The molecule has 0 radical (unpaired) electrons. The Hall–Kier alpha value is -3.12. The molecule has 6 N–H and O–H groups in total. The Morgan fingerprint density at radius 3 is 1.98 bits per heavy atom. The molecule has 0 aromatic heterocycles. The van der Waals surface area contributed by atoms with Crippen molar-refractivity contribution < 1.29 is 56.6 Å². The van der Waals surface area contributed by atoms with Gasteiger partial charge in [-0.2, -0.15) is 13.5 Å². The third-order valence-corrected chi connectivity index (χ3v) is 10.2. The van der Waals surface area contributed by atoms with E-state index in [2.05, 4.69) is 31.8 Å². The van der Waals surface area contributed by atoms with Gasteiger partial charge in [0, 0.05) is 10.3 Å². The zero-order valence-corrected chi connectivity index (χ0v) is 31.6. The van der Waals surface area contributed by atoms with E-state index < -0.39 is 46.1 Å². The smallest absolute Gasteiger partial charge is 0.334 e. The van der Waals surface area contributed by atoms with Gasteiger partial charge in [-0.15, -0.1) is 9.45 Å². The topological polar surface area (TPSA) is 234 Å². The molecule has 0 spiro atoms. The van der Waals surface area contributed by atoms with Crippen LogP contribution in [0.15, 0.2) is 62.5 Å². The van der Waals surface area contributed by atoms with Crippen molar-refractivity contribution in [1.82, 2.24) is 0 Å². The Morgan fingerprint density at radius 1 is 0.865 bits per heavy atom. The monoisotopic (exact) mass is 785 g/mol. The zero-order valence-electron chi connectivity index (χ0n) is 29.1. The summed E-state index contributed by atoms with van der Waals surface area (Å²) in [4.78, 5) is 30.0. The highest BCUT2D eigenvalue weighted by Gasteiger charge is 2.26. The first-order valence-electron chi connectivity index (χ1n) is 17.3. The molecule has 0 atom stereocenters. The summed E-state index contributed by atoms with van der Waals surface area (Å²) in [5, 5.41) is 33.2. The van der Waals surface area contributed by atoms with E-state index in [4.69, 9.17) is 9.99 Å². The lowest BCUT2D eigenvalue weighted by atomic mass is 10.0. The van der Waals surface area contributed by atoms with Gasteiger partial charge in [0.05, 0.1) is 30.0 Å². The fourth-order valence-electron chi connectivity index (χ4n) is 5.53. The molecule has 1 amide bonds. The summed E-state index contributed by atoms with van der Waals surface area (Å²) in [5.74, 6) is -1.37. The largest absolute Gasteiger partial charge is 0.505 e. The van der Waals surface area contributed by atoms with Crippen molar-refractivity contribution in [2.24, 2.45) is 10.2 Å². The SMILES string of the molecule is CCCCCCCCCCCCCCCCOc1ccc(/N=N/c2c(S(=O)(=O)O)cc3cc(SOOO)cc(NC(=O)CP(=O)(O)O)c3c2O)cc1. The number of phenols is 1. The molecule has 18 heteroatoms. The third kappa shape index (κ3) is 15.5. The predicted molar refractivity (Wildman–Crippen MR) is 198 cm³/mol. The minimum Gasteiger partial charge on any atom is -0.505 e. The predicted octanol–water partition coefficient (Wildman–Crippen LogP) is 9.61. The Bertz CT molecular complexity index is 1770. The lowest BCUT2D eigenvalue weighted by Gasteiger charge is -2.15. The van der Waals surface area contributed by atoms with Crippen LogP contribution in [0.3, 0.4) is 0 Å². The van der Waals surface area contributed by atoms with E-state index >= 15 is 0 Å². The second-order valence-electron chi connectivity index (χ2n) is 12.4. The van der Waals surface area contributed by atoms with Crippen LogP contribution < -0.4 is 10.1 Å². The lowest BCUT2D eigenvalue weighted by Crippen LogP contribution is -2.16. The number of benzene rings is 3. The summed E-state index contributed by atoms with van der Waals surface area (Å²) in [6, 6.07) is 9.84. The van der Waals surface area contributed by atoms with E-state index in [1.54, 1.807) is 24.3 Å². The van der Waals surface area contributed by atoms with Crippen LogP contribution in [0.1, 0.15) is 96.8 Å². The third-order valence-electron chi connectivity index (χ3n) is 8.05. The highest BCUT2D eigenvalue weighted by Crippen LogP contribution is 2.46. The maximum atomic E-state index is 12.4. The number of rotatable bonds is 25. The molecule has 0 bridgehead atoms. The van der Waals surface area contributed by atoms with Crippen LogP contribution in [-0.4, -0.2) is 51.8 Å². The fraction of sp³-hybridized carbons (Fsp3) is 0.500. The molecule has 0 saturated carbocycles. The average Bonchev–Trinajstić information content (AvgIpc) is 3.07. The Morgan fingerprint density at radius 2 is 1.44 bits per heavy atom. The first-order chi connectivity index (χ1) is 24.8. The molecule has 3 aromatic rings. The average molecular weight is 786 g/mol. The number of nitrogens with zero attached hydrogens (tertiary/aromatic N) is 2. The maximum Gasteiger partial charge on any atom is 0.334 e. The van der Waals surface area contributed by atoms with Crippen LogP contribution in [0.4, 0.5) is 17.1 Å². The number of ether oxygens (including phenoxy) is 1. The van der Waals surface area contributed by atoms with Crippen molar-refractivity contribution in [3.8, 4) is 11.5 Å². The van der Waals surface area contributed by atoms with Crippen molar-refractivity contribution in [1.29, 1.82) is 0 Å². The van der Waals surface area contributed by atoms with Crippen LogP contribution >= 0.6 is 19.6 Å². The van der Waals surface area contributed by atoms with E-state index in [9.17, 15) is 37.2 Å². The normalized spacial score (nSPS) is 12.2. The van der Waals surface area contributed by atoms with E-state index in [0.717, 1.165) is 18.9 Å². The van der Waals surface area contributed by atoms with Crippen molar-refractivity contribution >= 4 is 63.5 Å². The summed E-state index contributed by atoms with van der Waals surface area (Å²) in [6.45, 7) is 2.79. The van der Waals surface area contributed by atoms with Gasteiger partial charge in [0.15, 0.2) is 5.75 Å². The molecule has 0 aliphatic carbocycles. The highest BCUT2D eigenvalue weighted by molar-refractivity contribution is 7.94. The summed E-state index contributed by atoms with van der Waals surface area (Å²) >= 11 is 0.413. The molecule has 0 heterocycles. The van der Waals surface area contributed by atoms with Crippen molar-refractivity contribution in [2.45, 2.75) is 107 Å². The number of unbranched alkanes of at least 4 members (excludes halogenated alkanes) is 13. The molecule has 3 rings (SSSR count). The minimum atomic E-state index is -5.00. The van der Waals surface area contributed by atoms with Gasteiger partial charge < -0.3 is 24.9 Å². The van der Waals surface area contributed by atoms with Gasteiger partial charge >= 0.3 is 7.60 Å². The highest BCUT2D eigenvalue weighted by atomic mass is 32.2. The van der Waals surface area contributed by atoms with E-state index in [-0.39, 0.29) is 27.0 Å². The maximum absolute atomic E-state index is 12.4. The lowest BCUT2D eigenvalue weighted by molar-refractivity contribution is -0.432. The number of phenolic OH excluding ortho intramolecular Hbond substituents is 1. The second-order valence-corrected chi connectivity index (χ2v) is 16.2. The summed E-state index contributed by atoms with van der Waals surface area (Å²) < 4.78 is 56.3. The summed E-state index contributed by atoms with van der Waals surface area (Å²) in [6.07, 6.45) is 16.5. The summed E-state index contributed by atoms with van der Waals surface area (Å²) in [7, 11) is -9.79. The minimum absolute atomic E-state index is 0.0785. The molecule has 0 aliphatic heterocycles. The van der Waals surface area contributed by atoms with Gasteiger partial charge in [-0.1, -0.05) is 95.4 Å². The molecular weight excluding hydrogens is 737 g/mol. The first-order valence-corrected chi connectivity index (χ1v) is 21.2. The molecule has 0 fully saturated rings. The van der Waals surface area contributed by atoms with Crippen LogP contribution in [0.2, 0.25) is 0 Å². The fourth-order valence-corrected chi connectivity index (χ4v) is 7.10. The van der Waals surface area contributed by atoms with Gasteiger partial charge in [0.2, 0.25) is 5.91 Å². The van der Waals surface area contributed by atoms with Crippen molar-refractivity contribution in [2.75, 3.05) is 18.1 Å². The number of hydrogen-bond donors (Lipinski definition) is 6. The molecule has 288 valence electrons. The Labute approximate surface area is 308 Å². The van der Waals surface area contributed by atoms with Crippen molar-refractivity contribution in [3.63, 3.8) is 0 Å². The summed E-state index contributed by atoms with van der Waals surface area (Å²) in [5.41, 5.74) is -0.655. The first kappa shape index (κ1) is 43.3. The van der Waals surface area contributed by atoms with Crippen LogP contribution in [-0.2, 0) is 28.8 Å². The van der Waals surface area contributed by atoms with Gasteiger partial charge in [0.1, 0.15) is 22.5 Å². The molecule has 15 nitrogen and oxygen atoms in total. The number of amides is 1. The number of nitrogens with one attached hydrogen (secondary N) is 1. The number of carbonyl (C=O) groups excluding carboxylic acids is 1. The van der Waals surface area contributed by atoms with Gasteiger partial charge in [-0.3, -0.25) is 13.9 Å². The number of fused-ring (bicyclic) bond motifs is 1. The molecule has 3 aromatic carbocycles. The molecule has 0 unspecified atom stereocenters. The second kappa shape index (κ2) is 22.2. The molecule has 0 aliphatic rings. The number of carbonyl (C=O) groups is 1. The Balaban J connectivity index is 1.62. The van der Waals surface area contributed by atoms with Crippen LogP contribution in [0, 0.1) is 0 Å². The van der Waals surface area contributed by atoms with E-state index in [0.29, 0.717) is 24.4 Å². The van der Waals surface area contributed by atoms with Crippen LogP contribution in [0.25, 0.3) is 10.8 Å². The Kier molecular flexibility index (Phi) is 18.5. The molecular formula is C34H48N3O12PS2. The van der Waals surface area contributed by atoms with E-state index in [1.807, 2.05) is 0 Å². The number of aromatic hydroxyl groups is 1. The number of hydrogen-bond acceptors (Lipinski definition) is 12. The quantitative estimate of drug-likeness (QED) is 0.00894.